The van der Waals surface area contributed by atoms with Crippen LogP contribution in [0.3, 0.4) is 0 Å². The van der Waals surface area contributed by atoms with Crippen LogP contribution in [0.5, 0.6) is 0 Å². The van der Waals surface area contributed by atoms with Gasteiger partial charge >= 0.3 is 0 Å². The number of hydrogen-bond donors (Lipinski definition) is 2. The lowest BCUT2D eigenvalue weighted by Gasteiger charge is -2.23. The number of para-hydroxylation sites is 2. The number of fused-ring (bicyclic) bond motifs is 1. The molecule has 2 atom stereocenters. The highest BCUT2D eigenvalue weighted by molar-refractivity contribution is 7.08. The molecule has 1 amide bonds. The van der Waals surface area contributed by atoms with Crippen molar-refractivity contribution < 1.29 is 4.79 Å². The summed E-state index contributed by atoms with van der Waals surface area (Å²) in [5.41, 5.74) is 3.06. The van der Waals surface area contributed by atoms with Crippen LogP contribution in [0.25, 0.3) is 11.0 Å². The number of carbonyl (C=O) groups excluding carboxylic acids is 1. The molecule has 5 nitrogen and oxygen atoms in total. The molecule has 0 saturated heterocycles. The molecule has 0 aliphatic heterocycles. The summed E-state index contributed by atoms with van der Waals surface area (Å²) in [6.07, 6.45) is 4.40. The first-order valence-corrected chi connectivity index (χ1v) is 10.4. The lowest BCUT2D eigenvalue weighted by molar-refractivity contribution is -0.122. The Hall–Kier alpha value is -2.86. The molecule has 3 aromatic heterocycles. The smallest absolute Gasteiger partial charge is 0.223 e. The van der Waals surface area contributed by atoms with E-state index in [-0.39, 0.29) is 23.9 Å². The zero-order valence-electron chi connectivity index (χ0n) is 16.0. The highest BCUT2D eigenvalue weighted by atomic mass is 32.1. The van der Waals surface area contributed by atoms with Crippen molar-refractivity contribution in [3.63, 3.8) is 0 Å². The molecule has 0 saturated carbocycles. The van der Waals surface area contributed by atoms with Gasteiger partial charge in [-0.05, 0) is 52.6 Å². The van der Waals surface area contributed by atoms with Gasteiger partial charge in [-0.1, -0.05) is 26.0 Å². The van der Waals surface area contributed by atoms with E-state index in [2.05, 4.69) is 45.5 Å². The van der Waals surface area contributed by atoms with Gasteiger partial charge in [0.15, 0.2) is 0 Å². The number of aromatic nitrogens is 3. The van der Waals surface area contributed by atoms with Crippen molar-refractivity contribution in [2.24, 2.45) is 5.92 Å². The van der Waals surface area contributed by atoms with Gasteiger partial charge in [0.25, 0.3) is 0 Å². The summed E-state index contributed by atoms with van der Waals surface area (Å²) in [7, 11) is 0. The third-order valence-corrected chi connectivity index (χ3v) is 5.68. The molecule has 0 aliphatic carbocycles. The Morgan fingerprint density at radius 2 is 1.96 bits per heavy atom. The SMILES string of the molecule is CC(C)[C@@H](NC(=O)CC(c1ccsc1)n1cccc1)c1nc2ccccc2[nH]1. The second-order valence-corrected chi connectivity index (χ2v) is 8.12. The van der Waals surface area contributed by atoms with Crippen LogP contribution in [0.2, 0.25) is 0 Å². The molecule has 3 heterocycles. The van der Waals surface area contributed by atoms with Crippen LogP contribution < -0.4 is 5.32 Å². The molecule has 0 aliphatic rings. The molecule has 144 valence electrons. The van der Waals surface area contributed by atoms with E-state index in [1.165, 1.54) is 0 Å². The number of aromatic amines is 1. The second-order valence-electron chi connectivity index (χ2n) is 7.34. The minimum Gasteiger partial charge on any atom is -0.346 e. The zero-order valence-corrected chi connectivity index (χ0v) is 16.8. The number of benzene rings is 1. The third-order valence-electron chi connectivity index (χ3n) is 4.98. The fourth-order valence-corrected chi connectivity index (χ4v) is 4.20. The van der Waals surface area contributed by atoms with E-state index in [9.17, 15) is 4.79 Å². The average molecular weight is 393 g/mol. The number of hydrogen-bond acceptors (Lipinski definition) is 3. The van der Waals surface area contributed by atoms with Crippen LogP contribution in [0.1, 0.15) is 43.7 Å². The summed E-state index contributed by atoms with van der Waals surface area (Å²) < 4.78 is 2.09. The first kappa shape index (κ1) is 18.5. The van der Waals surface area contributed by atoms with E-state index < -0.39 is 0 Å². The van der Waals surface area contributed by atoms with E-state index in [4.69, 9.17) is 4.98 Å². The van der Waals surface area contributed by atoms with Crippen LogP contribution in [-0.4, -0.2) is 20.4 Å². The van der Waals surface area contributed by atoms with Crippen LogP contribution in [0.15, 0.2) is 65.6 Å². The molecule has 28 heavy (non-hydrogen) atoms. The maximum Gasteiger partial charge on any atom is 0.223 e. The first-order chi connectivity index (χ1) is 13.6. The van der Waals surface area contributed by atoms with Crippen molar-refractivity contribution in [3.05, 3.63) is 77.0 Å². The van der Waals surface area contributed by atoms with E-state index in [1.807, 2.05) is 48.8 Å². The molecule has 4 rings (SSSR count). The highest BCUT2D eigenvalue weighted by Gasteiger charge is 2.24. The fourth-order valence-electron chi connectivity index (χ4n) is 3.49. The quantitative estimate of drug-likeness (QED) is 0.469. The van der Waals surface area contributed by atoms with Crippen molar-refractivity contribution in [2.45, 2.75) is 32.4 Å². The monoisotopic (exact) mass is 392 g/mol. The van der Waals surface area contributed by atoms with Gasteiger partial charge in [0.2, 0.25) is 5.91 Å². The molecular weight excluding hydrogens is 368 g/mol. The third kappa shape index (κ3) is 3.87. The van der Waals surface area contributed by atoms with Crippen LogP contribution >= 0.6 is 11.3 Å². The maximum absolute atomic E-state index is 13.0. The van der Waals surface area contributed by atoms with Crippen molar-refractivity contribution in [1.29, 1.82) is 0 Å². The minimum atomic E-state index is -0.160. The number of thiophene rings is 1. The number of amides is 1. The summed E-state index contributed by atoms with van der Waals surface area (Å²) in [5, 5.41) is 7.36. The largest absolute Gasteiger partial charge is 0.346 e. The summed E-state index contributed by atoms with van der Waals surface area (Å²) in [5.74, 6) is 1.04. The zero-order chi connectivity index (χ0) is 19.5. The molecule has 2 N–H and O–H groups in total. The summed E-state index contributed by atoms with van der Waals surface area (Å²) in [6, 6.07) is 13.8. The van der Waals surface area contributed by atoms with Gasteiger partial charge in [-0.2, -0.15) is 11.3 Å². The Labute approximate surface area is 168 Å². The van der Waals surface area contributed by atoms with Gasteiger partial charge in [0.1, 0.15) is 5.82 Å². The molecule has 0 spiro atoms. The van der Waals surface area contributed by atoms with Gasteiger partial charge < -0.3 is 14.9 Å². The Morgan fingerprint density at radius 3 is 2.64 bits per heavy atom. The van der Waals surface area contributed by atoms with E-state index in [0.29, 0.717) is 6.42 Å². The van der Waals surface area contributed by atoms with Crippen molar-refractivity contribution in [1.82, 2.24) is 19.9 Å². The lowest BCUT2D eigenvalue weighted by atomic mass is 10.0. The number of nitrogens with zero attached hydrogens (tertiary/aromatic N) is 2. The average Bonchev–Trinajstić information content (AvgIpc) is 3.45. The predicted octanol–water partition coefficient (Wildman–Crippen LogP) is 4.92. The van der Waals surface area contributed by atoms with E-state index >= 15 is 0 Å². The molecule has 1 unspecified atom stereocenters. The fraction of sp³-hybridized carbons (Fsp3) is 0.273. The summed E-state index contributed by atoms with van der Waals surface area (Å²) >= 11 is 1.65. The topological polar surface area (TPSA) is 62.7 Å². The lowest BCUT2D eigenvalue weighted by Crippen LogP contribution is -2.34. The van der Waals surface area contributed by atoms with Crippen LogP contribution in [0, 0.1) is 5.92 Å². The summed E-state index contributed by atoms with van der Waals surface area (Å²) in [4.78, 5) is 21.0. The van der Waals surface area contributed by atoms with E-state index in [1.54, 1.807) is 11.3 Å². The van der Waals surface area contributed by atoms with Crippen molar-refractivity contribution in [2.75, 3.05) is 0 Å². The molecule has 0 radical (unpaired) electrons. The Kier molecular flexibility index (Phi) is 5.30. The van der Waals surface area contributed by atoms with Crippen molar-refractivity contribution >= 4 is 28.3 Å². The Morgan fingerprint density at radius 1 is 1.18 bits per heavy atom. The van der Waals surface area contributed by atoms with Crippen LogP contribution in [-0.2, 0) is 4.79 Å². The molecule has 0 bridgehead atoms. The first-order valence-electron chi connectivity index (χ1n) is 9.50. The number of carbonyl (C=O) groups is 1. The van der Waals surface area contributed by atoms with Gasteiger partial charge in [-0.15, -0.1) is 0 Å². The minimum absolute atomic E-state index is 0.00950. The molecule has 0 fully saturated rings. The molecule has 4 aromatic rings. The Bertz CT molecular complexity index is 967. The highest BCUT2D eigenvalue weighted by Crippen LogP contribution is 2.26. The van der Waals surface area contributed by atoms with Gasteiger partial charge in [-0.25, -0.2) is 4.98 Å². The predicted molar refractivity (Wildman–Crippen MR) is 113 cm³/mol. The molecule has 6 heteroatoms. The number of rotatable bonds is 7. The Balaban J connectivity index is 1.54. The number of nitrogens with one attached hydrogen (secondary N) is 2. The van der Waals surface area contributed by atoms with Gasteiger partial charge in [-0.3, -0.25) is 4.79 Å². The molecule has 1 aromatic carbocycles. The standard InChI is InChI=1S/C22H24N4OS/c1-15(2)21(22-23-17-7-3-4-8-18(17)24-22)25-20(27)13-19(16-9-12-28-14-16)26-10-5-6-11-26/h3-12,14-15,19,21H,13H2,1-2H3,(H,23,24)(H,25,27)/t19?,21-/m1/s1. The maximum atomic E-state index is 13.0. The van der Waals surface area contributed by atoms with Crippen LogP contribution in [0.4, 0.5) is 0 Å². The van der Waals surface area contributed by atoms with Gasteiger partial charge in [0, 0.05) is 12.4 Å². The summed E-state index contributed by atoms with van der Waals surface area (Å²) in [6.45, 7) is 4.20. The second kappa shape index (κ2) is 8.02. The van der Waals surface area contributed by atoms with E-state index in [0.717, 1.165) is 22.4 Å². The van der Waals surface area contributed by atoms with Gasteiger partial charge in [0.05, 0.1) is 29.5 Å². The van der Waals surface area contributed by atoms with Crippen molar-refractivity contribution in [3.8, 4) is 0 Å². The normalized spacial score (nSPS) is 13.7. The molecular formula is C22H24N4OS. The number of H-pyrrole nitrogens is 1. The number of imidazole rings is 1.